The quantitative estimate of drug-likeness (QED) is 0.897. The summed E-state index contributed by atoms with van der Waals surface area (Å²) in [6, 6.07) is 10.7. The molecule has 3 N–H and O–H groups in total. The molecule has 0 spiro atoms. The van der Waals surface area contributed by atoms with Crippen molar-refractivity contribution in [1.82, 2.24) is 0 Å². The monoisotopic (exact) mass is 266 g/mol. The van der Waals surface area contributed by atoms with Crippen molar-refractivity contribution in [2.45, 2.75) is 6.54 Å². The molecule has 0 aliphatic heterocycles. The molecule has 0 unspecified atom stereocenters. The van der Waals surface area contributed by atoms with Gasteiger partial charge in [-0.25, -0.2) is 0 Å². The molecular formula is C12H11ClN2OS. The molecule has 88 valence electrons. The van der Waals surface area contributed by atoms with E-state index in [0.717, 1.165) is 10.6 Å². The first-order chi connectivity index (χ1) is 8.19. The number of amides is 1. The van der Waals surface area contributed by atoms with E-state index < -0.39 is 0 Å². The Morgan fingerprint density at radius 3 is 2.47 bits per heavy atom. The summed E-state index contributed by atoms with van der Waals surface area (Å²) in [5.41, 5.74) is 7.09. The van der Waals surface area contributed by atoms with Crippen LogP contribution < -0.4 is 11.1 Å². The van der Waals surface area contributed by atoms with Crippen molar-refractivity contribution in [3.05, 3.63) is 51.9 Å². The van der Waals surface area contributed by atoms with Crippen LogP contribution in [0.15, 0.2) is 36.4 Å². The Balaban J connectivity index is 2.09. The molecule has 2 aromatic rings. The van der Waals surface area contributed by atoms with Crippen LogP contribution in [0.4, 0.5) is 5.00 Å². The van der Waals surface area contributed by atoms with E-state index in [4.69, 9.17) is 17.3 Å². The van der Waals surface area contributed by atoms with Crippen molar-refractivity contribution in [3.8, 4) is 0 Å². The van der Waals surface area contributed by atoms with Crippen molar-refractivity contribution < 1.29 is 4.79 Å². The van der Waals surface area contributed by atoms with Gasteiger partial charge in [-0.1, -0.05) is 23.7 Å². The number of hydrogen-bond donors (Lipinski definition) is 2. The van der Waals surface area contributed by atoms with Crippen molar-refractivity contribution in [3.63, 3.8) is 0 Å². The zero-order valence-electron chi connectivity index (χ0n) is 8.94. The zero-order valence-corrected chi connectivity index (χ0v) is 10.5. The largest absolute Gasteiger partial charge is 0.326 e. The minimum absolute atomic E-state index is 0.146. The minimum atomic E-state index is -0.146. The van der Waals surface area contributed by atoms with Crippen LogP contribution in [-0.4, -0.2) is 5.91 Å². The van der Waals surface area contributed by atoms with Crippen LogP contribution in [-0.2, 0) is 6.54 Å². The van der Waals surface area contributed by atoms with Gasteiger partial charge in [-0.05, 0) is 29.8 Å². The number of rotatable bonds is 3. The summed E-state index contributed by atoms with van der Waals surface area (Å²) >= 11 is 7.11. The summed E-state index contributed by atoms with van der Waals surface area (Å²) < 4.78 is 0.652. The summed E-state index contributed by atoms with van der Waals surface area (Å²) in [6.07, 6.45) is 0. The van der Waals surface area contributed by atoms with Crippen LogP contribution in [0, 0.1) is 0 Å². The van der Waals surface area contributed by atoms with Gasteiger partial charge in [-0.2, -0.15) is 0 Å². The third-order valence-corrected chi connectivity index (χ3v) is 3.41. The number of halogens is 1. The molecule has 17 heavy (non-hydrogen) atoms. The Hall–Kier alpha value is -1.36. The maximum atomic E-state index is 11.8. The molecule has 1 heterocycles. The molecule has 1 aromatic heterocycles. The van der Waals surface area contributed by atoms with Gasteiger partial charge in [0.25, 0.3) is 5.91 Å². The van der Waals surface area contributed by atoms with E-state index in [1.807, 2.05) is 12.1 Å². The van der Waals surface area contributed by atoms with Crippen molar-refractivity contribution >= 4 is 33.8 Å². The van der Waals surface area contributed by atoms with Crippen molar-refractivity contribution in [2.24, 2.45) is 5.73 Å². The zero-order chi connectivity index (χ0) is 12.3. The van der Waals surface area contributed by atoms with E-state index in [0.29, 0.717) is 16.4 Å². The van der Waals surface area contributed by atoms with Gasteiger partial charge in [0.1, 0.15) is 0 Å². The van der Waals surface area contributed by atoms with Gasteiger partial charge in [0, 0.05) is 12.1 Å². The first-order valence-electron chi connectivity index (χ1n) is 5.05. The second kappa shape index (κ2) is 5.31. The highest BCUT2D eigenvalue weighted by Crippen LogP contribution is 2.26. The maximum Gasteiger partial charge on any atom is 0.256 e. The second-order valence-corrected chi connectivity index (χ2v) is 5.17. The van der Waals surface area contributed by atoms with Crippen LogP contribution in [0.5, 0.6) is 0 Å². The van der Waals surface area contributed by atoms with Gasteiger partial charge in [0.05, 0.1) is 9.34 Å². The second-order valence-electron chi connectivity index (χ2n) is 3.46. The summed E-state index contributed by atoms with van der Waals surface area (Å²) in [5, 5.41) is 3.52. The highest BCUT2D eigenvalue weighted by atomic mass is 35.5. The average Bonchev–Trinajstić information content (AvgIpc) is 2.75. The summed E-state index contributed by atoms with van der Waals surface area (Å²) in [5.74, 6) is -0.146. The summed E-state index contributed by atoms with van der Waals surface area (Å²) in [6.45, 7) is 0.475. The number of nitrogens with one attached hydrogen (secondary N) is 1. The lowest BCUT2D eigenvalue weighted by atomic mass is 10.1. The van der Waals surface area contributed by atoms with Gasteiger partial charge < -0.3 is 11.1 Å². The normalized spacial score (nSPS) is 10.2. The summed E-state index contributed by atoms with van der Waals surface area (Å²) in [4.78, 5) is 11.8. The molecule has 0 atom stereocenters. The molecule has 0 saturated carbocycles. The van der Waals surface area contributed by atoms with Crippen LogP contribution >= 0.6 is 22.9 Å². The molecule has 5 heteroatoms. The fourth-order valence-electron chi connectivity index (χ4n) is 1.36. The number of anilines is 1. The average molecular weight is 267 g/mol. The highest BCUT2D eigenvalue weighted by molar-refractivity contribution is 7.20. The Labute approximate surface area is 108 Å². The number of benzene rings is 1. The molecule has 3 nitrogen and oxygen atoms in total. The molecule has 0 aliphatic carbocycles. The molecule has 2 rings (SSSR count). The van der Waals surface area contributed by atoms with Crippen molar-refractivity contribution in [1.29, 1.82) is 0 Å². The summed E-state index contributed by atoms with van der Waals surface area (Å²) in [7, 11) is 0. The van der Waals surface area contributed by atoms with E-state index >= 15 is 0 Å². The molecular weight excluding hydrogens is 256 g/mol. The van der Waals surface area contributed by atoms with Crippen LogP contribution in [0.2, 0.25) is 4.34 Å². The minimum Gasteiger partial charge on any atom is -0.326 e. The number of carbonyl (C=O) groups is 1. The standard InChI is InChI=1S/C12H11ClN2OS/c13-10-5-6-11(17-10)15-12(16)9-3-1-8(7-14)2-4-9/h1-6H,7,14H2,(H,15,16). The molecule has 0 fully saturated rings. The maximum absolute atomic E-state index is 11.8. The predicted octanol–water partition coefficient (Wildman–Crippen LogP) is 3.11. The van der Waals surface area contributed by atoms with E-state index in [1.54, 1.807) is 24.3 Å². The van der Waals surface area contributed by atoms with Gasteiger partial charge >= 0.3 is 0 Å². The highest BCUT2D eigenvalue weighted by Gasteiger charge is 2.07. The van der Waals surface area contributed by atoms with Crippen LogP contribution in [0.25, 0.3) is 0 Å². The first-order valence-corrected chi connectivity index (χ1v) is 6.24. The molecule has 0 saturated heterocycles. The number of hydrogen-bond acceptors (Lipinski definition) is 3. The lowest BCUT2D eigenvalue weighted by Crippen LogP contribution is -2.10. The predicted molar refractivity (Wildman–Crippen MR) is 71.6 cm³/mol. The van der Waals surface area contributed by atoms with Gasteiger partial charge in [0.15, 0.2) is 0 Å². The lowest BCUT2D eigenvalue weighted by Gasteiger charge is -2.03. The molecule has 1 amide bonds. The van der Waals surface area contributed by atoms with E-state index in [-0.39, 0.29) is 5.91 Å². The third kappa shape index (κ3) is 3.06. The molecule has 1 aromatic carbocycles. The number of nitrogens with two attached hydrogens (primary N) is 1. The van der Waals surface area contributed by atoms with Gasteiger partial charge in [-0.15, -0.1) is 11.3 Å². The smallest absolute Gasteiger partial charge is 0.256 e. The van der Waals surface area contributed by atoms with Crippen LogP contribution in [0.3, 0.4) is 0 Å². The Kier molecular flexibility index (Phi) is 3.78. The lowest BCUT2D eigenvalue weighted by molar-refractivity contribution is 0.102. The van der Waals surface area contributed by atoms with Crippen LogP contribution in [0.1, 0.15) is 15.9 Å². The van der Waals surface area contributed by atoms with Crippen molar-refractivity contribution in [2.75, 3.05) is 5.32 Å². The van der Waals surface area contributed by atoms with Gasteiger partial charge in [0.2, 0.25) is 0 Å². The number of thiophene rings is 1. The fourth-order valence-corrected chi connectivity index (χ4v) is 2.30. The fraction of sp³-hybridized carbons (Fsp3) is 0.0833. The Bertz CT molecular complexity index is 522. The Morgan fingerprint density at radius 1 is 1.24 bits per heavy atom. The number of carbonyl (C=O) groups excluding carboxylic acids is 1. The molecule has 0 aliphatic rings. The Morgan fingerprint density at radius 2 is 1.94 bits per heavy atom. The molecule has 0 bridgehead atoms. The SMILES string of the molecule is NCc1ccc(C(=O)Nc2ccc(Cl)s2)cc1. The first kappa shape index (κ1) is 12.1. The van der Waals surface area contributed by atoms with E-state index in [2.05, 4.69) is 5.32 Å². The third-order valence-electron chi connectivity index (χ3n) is 2.26. The van der Waals surface area contributed by atoms with E-state index in [9.17, 15) is 4.79 Å². The van der Waals surface area contributed by atoms with Gasteiger partial charge in [-0.3, -0.25) is 4.79 Å². The van der Waals surface area contributed by atoms with E-state index in [1.165, 1.54) is 11.3 Å². The topological polar surface area (TPSA) is 55.1 Å². The molecule has 0 radical (unpaired) electrons.